The highest BCUT2D eigenvalue weighted by molar-refractivity contribution is 5.94. The number of carbonyl (C=O) groups is 1. The largest absolute Gasteiger partial charge is 0.355 e. The fraction of sp³-hybridized carbons (Fsp3) is 0.0909. The van der Waals surface area contributed by atoms with Gasteiger partial charge in [-0.05, 0) is 17.7 Å². The highest BCUT2D eigenvalue weighted by Crippen LogP contribution is 2.16. The number of aromatic nitrogens is 2. The smallest absolute Gasteiger partial charge is 0.251 e. The second-order valence-corrected chi connectivity index (χ2v) is 3.12. The van der Waals surface area contributed by atoms with Crippen LogP contribution in [0.5, 0.6) is 0 Å². The van der Waals surface area contributed by atoms with Gasteiger partial charge in [0, 0.05) is 12.6 Å². The maximum atomic E-state index is 11.3. The molecule has 0 unspecified atom stereocenters. The summed E-state index contributed by atoms with van der Waals surface area (Å²) in [5.74, 6) is -0.0776. The lowest BCUT2D eigenvalue weighted by molar-refractivity contribution is 0.0963. The molecule has 0 saturated heterocycles. The lowest BCUT2D eigenvalue weighted by Crippen LogP contribution is -2.17. The summed E-state index contributed by atoms with van der Waals surface area (Å²) in [6.07, 6.45) is 3.37. The van der Waals surface area contributed by atoms with Crippen molar-refractivity contribution in [2.45, 2.75) is 0 Å². The number of nitrogens with zero attached hydrogens (tertiary/aromatic N) is 1. The number of nitrogens with one attached hydrogen (secondary N) is 2. The first-order valence-corrected chi connectivity index (χ1v) is 4.62. The summed E-state index contributed by atoms with van der Waals surface area (Å²) in [6, 6.07) is 7.35. The summed E-state index contributed by atoms with van der Waals surface area (Å²) in [5.41, 5.74) is 2.61. The van der Waals surface area contributed by atoms with Crippen LogP contribution in [0.3, 0.4) is 0 Å². The zero-order valence-corrected chi connectivity index (χ0v) is 8.32. The van der Waals surface area contributed by atoms with E-state index in [0.717, 1.165) is 11.3 Å². The van der Waals surface area contributed by atoms with Crippen molar-refractivity contribution in [3.8, 4) is 11.3 Å². The summed E-state index contributed by atoms with van der Waals surface area (Å²) < 4.78 is 0. The summed E-state index contributed by atoms with van der Waals surface area (Å²) in [5, 5.41) is 2.58. The number of rotatable bonds is 2. The van der Waals surface area contributed by atoms with E-state index >= 15 is 0 Å². The number of benzene rings is 1. The lowest BCUT2D eigenvalue weighted by Gasteiger charge is -2.01. The number of aromatic amines is 1. The molecule has 0 bridgehead atoms. The van der Waals surface area contributed by atoms with Gasteiger partial charge >= 0.3 is 0 Å². The Balaban J connectivity index is 2.29. The minimum atomic E-state index is -0.0776. The van der Waals surface area contributed by atoms with Gasteiger partial charge < -0.3 is 10.3 Å². The van der Waals surface area contributed by atoms with Gasteiger partial charge in [-0.1, -0.05) is 12.1 Å². The minimum Gasteiger partial charge on any atom is -0.355 e. The van der Waals surface area contributed by atoms with Crippen molar-refractivity contribution in [2.24, 2.45) is 0 Å². The van der Waals surface area contributed by atoms with Crippen LogP contribution in [-0.4, -0.2) is 22.9 Å². The summed E-state index contributed by atoms with van der Waals surface area (Å²) >= 11 is 0. The van der Waals surface area contributed by atoms with Crippen LogP contribution in [-0.2, 0) is 0 Å². The van der Waals surface area contributed by atoms with Crippen molar-refractivity contribution >= 4 is 5.91 Å². The molecule has 15 heavy (non-hydrogen) atoms. The van der Waals surface area contributed by atoms with E-state index in [-0.39, 0.29) is 5.91 Å². The van der Waals surface area contributed by atoms with Crippen molar-refractivity contribution in [1.29, 1.82) is 0 Å². The highest BCUT2D eigenvalue weighted by atomic mass is 16.1. The van der Waals surface area contributed by atoms with Gasteiger partial charge in [0.15, 0.2) is 0 Å². The second-order valence-electron chi connectivity index (χ2n) is 3.12. The van der Waals surface area contributed by atoms with E-state index in [9.17, 15) is 4.79 Å². The van der Waals surface area contributed by atoms with Crippen LogP contribution in [0.4, 0.5) is 0 Å². The third-order valence-corrected chi connectivity index (χ3v) is 2.18. The van der Waals surface area contributed by atoms with E-state index in [1.54, 1.807) is 31.7 Å². The molecule has 0 aliphatic carbocycles. The average Bonchev–Trinajstić information content (AvgIpc) is 2.82. The molecule has 0 aliphatic rings. The standard InChI is InChI=1S/C11H11N3O/c1-12-11(15)9-4-2-8(3-5-9)10-6-13-7-14-10/h2-7H,1H3,(H,12,15)(H,13,14). The summed E-state index contributed by atoms with van der Waals surface area (Å²) in [4.78, 5) is 18.2. The molecule has 1 heterocycles. The summed E-state index contributed by atoms with van der Waals surface area (Å²) in [6.45, 7) is 0. The Kier molecular flexibility index (Phi) is 2.49. The van der Waals surface area contributed by atoms with Gasteiger partial charge in [-0.25, -0.2) is 4.98 Å². The van der Waals surface area contributed by atoms with Gasteiger partial charge in [0.1, 0.15) is 0 Å². The molecule has 4 nitrogen and oxygen atoms in total. The topological polar surface area (TPSA) is 57.8 Å². The van der Waals surface area contributed by atoms with Crippen molar-refractivity contribution in [2.75, 3.05) is 7.05 Å². The Hall–Kier alpha value is -2.10. The van der Waals surface area contributed by atoms with Crippen LogP contribution in [0.15, 0.2) is 36.8 Å². The first kappa shape index (κ1) is 9.45. The zero-order valence-electron chi connectivity index (χ0n) is 8.32. The molecule has 4 heteroatoms. The molecule has 0 fully saturated rings. The summed E-state index contributed by atoms with van der Waals surface area (Å²) in [7, 11) is 1.62. The second kappa shape index (κ2) is 3.96. The average molecular weight is 201 g/mol. The first-order chi connectivity index (χ1) is 7.31. The molecule has 0 radical (unpaired) electrons. The Morgan fingerprint density at radius 3 is 2.60 bits per heavy atom. The normalized spacial score (nSPS) is 9.93. The van der Waals surface area contributed by atoms with E-state index in [0.29, 0.717) is 5.56 Å². The first-order valence-electron chi connectivity index (χ1n) is 4.62. The van der Waals surface area contributed by atoms with Crippen LogP contribution in [0.2, 0.25) is 0 Å². The van der Waals surface area contributed by atoms with Crippen molar-refractivity contribution in [3.63, 3.8) is 0 Å². The maximum absolute atomic E-state index is 11.3. The van der Waals surface area contributed by atoms with Crippen LogP contribution in [0.1, 0.15) is 10.4 Å². The van der Waals surface area contributed by atoms with Crippen LogP contribution in [0, 0.1) is 0 Å². The fourth-order valence-corrected chi connectivity index (χ4v) is 1.36. The molecule has 76 valence electrons. The molecule has 2 aromatic rings. The molecular formula is C11H11N3O. The molecule has 1 aromatic carbocycles. The third-order valence-electron chi connectivity index (χ3n) is 2.18. The SMILES string of the molecule is CNC(=O)c1ccc(-c2cnc[nH]2)cc1. The van der Waals surface area contributed by atoms with Crippen molar-refractivity contribution in [1.82, 2.24) is 15.3 Å². The number of carbonyl (C=O) groups excluding carboxylic acids is 1. The predicted octanol–water partition coefficient (Wildman–Crippen LogP) is 1.44. The van der Waals surface area contributed by atoms with Crippen molar-refractivity contribution < 1.29 is 4.79 Å². The van der Waals surface area contributed by atoms with Gasteiger partial charge in [0.05, 0.1) is 18.2 Å². The van der Waals surface area contributed by atoms with Gasteiger partial charge in [-0.2, -0.15) is 0 Å². The lowest BCUT2D eigenvalue weighted by atomic mass is 10.1. The third kappa shape index (κ3) is 1.88. The Bertz CT molecular complexity index is 445. The van der Waals surface area contributed by atoms with Crippen LogP contribution < -0.4 is 5.32 Å². The van der Waals surface area contributed by atoms with Gasteiger partial charge in [0.2, 0.25) is 0 Å². The molecule has 0 spiro atoms. The molecule has 2 rings (SSSR count). The minimum absolute atomic E-state index is 0.0776. The molecule has 1 amide bonds. The molecule has 2 N–H and O–H groups in total. The van der Waals surface area contributed by atoms with E-state index in [1.165, 1.54) is 0 Å². The Labute approximate surface area is 87.4 Å². The molecule has 0 atom stereocenters. The van der Waals surface area contributed by atoms with Crippen LogP contribution in [0.25, 0.3) is 11.3 Å². The van der Waals surface area contributed by atoms with E-state index < -0.39 is 0 Å². The number of imidazole rings is 1. The van der Waals surface area contributed by atoms with E-state index in [2.05, 4.69) is 15.3 Å². The number of hydrogen-bond donors (Lipinski definition) is 2. The van der Waals surface area contributed by atoms with Crippen LogP contribution >= 0.6 is 0 Å². The maximum Gasteiger partial charge on any atom is 0.251 e. The van der Waals surface area contributed by atoms with E-state index in [4.69, 9.17) is 0 Å². The quantitative estimate of drug-likeness (QED) is 0.772. The highest BCUT2D eigenvalue weighted by Gasteiger charge is 2.03. The van der Waals surface area contributed by atoms with Gasteiger partial charge in [-0.3, -0.25) is 4.79 Å². The Morgan fingerprint density at radius 2 is 2.07 bits per heavy atom. The fourth-order valence-electron chi connectivity index (χ4n) is 1.36. The number of hydrogen-bond acceptors (Lipinski definition) is 2. The molecule has 1 aromatic heterocycles. The predicted molar refractivity (Wildman–Crippen MR) is 57.4 cm³/mol. The molecular weight excluding hydrogens is 190 g/mol. The Morgan fingerprint density at radius 1 is 1.33 bits per heavy atom. The van der Waals surface area contributed by atoms with Gasteiger partial charge in [0.25, 0.3) is 5.91 Å². The van der Waals surface area contributed by atoms with Gasteiger partial charge in [-0.15, -0.1) is 0 Å². The number of amides is 1. The number of H-pyrrole nitrogens is 1. The molecule has 0 aliphatic heterocycles. The van der Waals surface area contributed by atoms with E-state index in [1.807, 2.05) is 12.1 Å². The monoisotopic (exact) mass is 201 g/mol. The zero-order chi connectivity index (χ0) is 10.7. The van der Waals surface area contributed by atoms with Crippen molar-refractivity contribution in [3.05, 3.63) is 42.4 Å². The molecule has 0 saturated carbocycles.